The summed E-state index contributed by atoms with van der Waals surface area (Å²) in [6, 6.07) is 0. The molecule has 0 fully saturated rings. The number of hydrogen-bond donors (Lipinski definition) is 1. The Morgan fingerprint density at radius 2 is 2.25 bits per heavy atom. The van der Waals surface area contributed by atoms with Crippen molar-refractivity contribution < 1.29 is 4.74 Å². The normalized spacial score (nSPS) is 10.7. The summed E-state index contributed by atoms with van der Waals surface area (Å²) in [5, 5.41) is 7.84. The molecule has 108 valence electrons. The van der Waals surface area contributed by atoms with E-state index in [1.165, 1.54) is 22.8 Å². The van der Waals surface area contributed by atoms with Gasteiger partial charge in [0.2, 0.25) is 5.95 Å². The van der Waals surface area contributed by atoms with E-state index in [-0.39, 0.29) is 0 Å². The fraction of sp³-hybridized carbons (Fsp3) is 0.545. The quantitative estimate of drug-likeness (QED) is 0.570. The van der Waals surface area contributed by atoms with Crippen LogP contribution in [0.5, 0.6) is 0 Å². The lowest BCUT2D eigenvalue weighted by atomic mass is 10.5. The molecule has 2 rings (SSSR count). The van der Waals surface area contributed by atoms with Gasteiger partial charge in [-0.3, -0.25) is 0 Å². The van der Waals surface area contributed by atoms with Gasteiger partial charge >= 0.3 is 0 Å². The van der Waals surface area contributed by atoms with E-state index in [9.17, 15) is 0 Å². The minimum Gasteiger partial charge on any atom is -0.384 e. The standard InChI is InChI=1S/C11H17N7OS/c1-3-4-13-9-15-10(18-8-12-7-14-18)17-11(16-9)20-6-5-19-2/h7-8H,3-6H2,1-2H3,(H,13,15,16,17). The highest BCUT2D eigenvalue weighted by atomic mass is 32.2. The third-order valence-corrected chi connectivity index (χ3v) is 3.09. The molecule has 0 radical (unpaired) electrons. The van der Waals surface area contributed by atoms with Crippen LogP contribution in [0.4, 0.5) is 5.95 Å². The van der Waals surface area contributed by atoms with Gasteiger partial charge in [-0.05, 0) is 6.42 Å². The van der Waals surface area contributed by atoms with Crippen molar-refractivity contribution in [3.63, 3.8) is 0 Å². The summed E-state index contributed by atoms with van der Waals surface area (Å²) in [5.41, 5.74) is 0. The zero-order valence-electron chi connectivity index (χ0n) is 11.5. The van der Waals surface area contributed by atoms with Crippen LogP contribution in [-0.4, -0.2) is 55.7 Å². The molecule has 0 bridgehead atoms. The minimum atomic E-state index is 0.455. The number of thioether (sulfide) groups is 1. The highest BCUT2D eigenvalue weighted by Crippen LogP contribution is 2.15. The van der Waals surface area contributed by atoms with Gasteiger partial charge in [-0.2, -0.15) is 24.7 Å². The van der Waals surface area contributed by atoms with Gasteiger partial charge in [0.15, 0.2) is 5.16 Å². The Labute approximate surface area is 121 Å². The smallest absolute Gasteiger partial charge is 0.257 e. The maximum absolute atomic E-state index is 5.03. The van der Waals surface area contributed by atoms with Crippen LogP contribution >= 0.6 is 11.8 Å². The highest BCUT2D eigenvalue weighted by molar-refractivity contribution is 7.99. The molecule has 9 heteroatoms. The molecule has 0 spiro atoms. The van der Waals surface area contributed by atoms with Gasteiger partial charge in [0, 0.05) is 19.4 Å². The molecule has 0 aliphatic heterocycles. The number of nitrogens with zero attached hydrogens (tertiary/aromatic N) is 6. The predicted molar refractivity (Wildman–Crippen MR) is 76.1 cm³/mol. The highest BCUT2D eigenvalue weighted by Gasteiger charge is 2.09. The van der Waals surface area contributed by atoms with Crippen LogP contribution in [-0.2, 0) is 4.74 Å². The second-order valence-electron chi connectivity index (χ2n) is 3.85. The molecular formula is C11H17N7OS. The topological polar surface area (TPSA) is 90.6 Å². The van der Waals surface area contributed by atoms with Crippen LogP contribution < -0.4 is 5.32 Å². The number of rotatable bonds is 8. The number of ether oxygens (including phenoxy) is 1. The summed E-state index contributed by atoms with van der Waals surface area (Å²) < 4.78 is 6.54. The fourth-order valence-electron chi connectivity index (χ4n) is 1.36. The van der Waals surface area contributed by atoms with Crippen molar-refractivity contribution in [2.75, 3.05) is 31.3 Å². The first-order valence-electron chi connectivity index (χ1n) is 6.30. The molecule has 8 nitrogen and oxygen atoms in total. The molecule has 20 heavy (non-hydrogen) atoms. The van der Waals surface area contributed by atoms with Gasteiger partial charge in [-0.1, -0.05) is 18.7 Å². The number of anilines is 1. The Morgan fingerprint density at radius 3 is 2.95 bits per heavy atom. The van der Waals surface area contributed by atoms with Gasteiger partial charge in [-0.25, -0.2) is 4.98 Å². The Kier molecular flexibility index (Phi) is 5.69. The van der Waals surface area contributed by atoms with Crippen LogP contribution in [0.25, 0.3) is 5.95 Å². The molecule has 0 amide bonds. The van der Waals surface area contributed by atoms with E-state index in [4.69, 9.17) is 4.74 Å². The lowest BCUT2D eigenvalue weighted by Crippen LogP contribution is -2.11. The van der Waals surface area contributed by atoms with E-state index in [1.807, 2.05) is 0 Å². The van der Waals surface area contributed by atoms with E-state index in [2.05, 4.69) is 37.3 Å². The zero-order chi connectivity index (χ0) is 14.2. The molecule has 1 N–H and O–H groups in total. The van der Waals surface area contributed by atoms with Crippen molar-refractivity contribution >= 4 is 17.7 Å². The number of aromatic nitrogens is 6. The summed E-state index contributed by atoms with van der Waals surface area (Å²) in [6.45, 7) is 3.54. The molecule has 2 aromatic rings. The van der Waals surface area contributed by atoms with Crippen molar-refractivity contribution in [1.82, 2.24) is 29.7 Å². The minimum absolute atomic E-state index is 0.455. The van der Waals surface area contributed by atoms with E-state index in [0.29, 0.717) is 23.7 Å². The van der Waals surface area contributed by atoms with Gasteiger partial charge in [0.1, 0.15) is 12.7 Å². The van der Waals surface area contributed by atoms with Crippen molar-refractivity contribution in [2.24, 2.45) is 0 Å². The average molecular weight is 295 g/mol. The van der Waals surface area contributed by atoms with Crippen molar-refractivity contribution in [3.8, 4) is 5.95 Å². The van der Waals surface area contributed by atoms with Crippen LogP contribution in [0.1, 0.15) is 13.3 Å². The maximum Gasteiger partial charge on any atom is 0.257 e. The van der Waals surface area contributed by atoms with Gasteiger partial charge in [0.25, 0.3) is 5.95 Å². The first-order chi connectivity index (χ1) is 9.83. The maximum atomic E-state index is 5.03. The van der Waals surface area contributed by atoms with Gasteiger partial charge in [0.05, 0.1) is 6.61 Å². The molecule has 0 aliphatic rings. The molecule has 0 aromatic carbocycles. The van der Waals surface area contributed by atoms with Crippen molar-refractivity contribution in [1.29, 1.82) is 0 Å². The summed E-state index contributed by atoms with van der Waals surface area (Å²) in [5.74, 6) is 1.79. The zero-order valence-corrected chi connectivity index (χ0v) is 12.3. The summed E-state index contributed by atoms with van der Waals surface area (Å²) in [4.78, 5) is 17.0. The Balaban J connectivity index is 2.19. The second kappa shape index (κ2) is 7.75. The molecule has 0 saturated heterocycles. The van der Waals surface area contributed by atoms with Gasteiger partial charge < -0.3 is 10.1 Å². The lowest BCUT2D eigenvalue weighted by Gasteiger charge is -2.07. The summed E-state index contributed by atoms with van der Waals surface area (Å²) in [7, 11) is 1.67. The molecular weight excluding hydrogens is 278 g/mol. The Morgan fingerprint density at radius 1 is 1.35 bits per heavy atom. The average Bonchev–Trinajstić information content (AvgIpc) is 2.99. The molecule has 0 saturated carbocycles. The molecule has 0 unspecified atom stereocenters. The monoisotopic (exact) mass is 295 g/mol. The van der Waals surface area contributed by atoms with Crippen LogP contribution in [0.2, 0.25) is 0 Å². The predicted octanol–water partition coefficient (Wildman–Crippen LogP) is 1.01. The molecule has 2 heterocycles. The number of methoxy groups -OCH3 is 1. The fourth-order valence-corrected chi connectivity index (χ4v) is 2.09. The molecule has 0 aliphatic carbocycles. The number of nitrogens with one attached hydrogen (secondary N) is 1. The van der Waals surface area contributed by atoms with Crippen LogP contribution in [0.15, 0.2) is 17.8 Å². The molecule has 0 atom stereocenters. The van der Waals surface area contributed by atoms with Crippen molar-refractivity contribution in [2.45, 2.75) is 18.5 Å². The number of hydrogen-bond acceptors (Lipinski definition) is 8. The first kappa shape index (κ1) is 14.7. The summed E-state index contributed by atoms with van der Waals surface area (Å²) >= 11 is 1.52. The van der Waals surface area contributed by atoms with E-state index in [0.717, 1.165) is 18.7 Å². The van der Waals surface area contributed by atoms with E-state index in [1.54, 1.807) is 13.4 Å². The van der Waals surface area contributed by atoms with E-state index >= 15 is 0 Å². The third kappa shape index (κ3) is 4.14. The Bertz CT molecular complexity index is 519. The van der Waals surface area contributed by atoms with Crippen LogP contribution in [0.3, 0.4) is 0 Å². The first-order valence-corrected chi connectivity index (χ1v) is 7.28. The van der Waals surface area contributed by atoms with Gasteiger partial charge in [-0.15, -0.1) is 0 Å². The van der Waals surface area contributed by atoms with Crippen molar-refractivity contribution in [3.05, 3.63) is 12.7 Å². The van der Waals surface area contributed by atoms with E-state index < -0.39 is 0 Å². The Hall–Kier alpha value is -1.74. The third-order valence-electron chi connectivity index (χ3n) is 2.28. The lowest BCUT2D eigenvalue weighted by molar-refractivity contribution is 0.218. The second-order valence-corrected chi connectivity index (χ2v) is 4.91. The summed E-state index contributed by atoms with van der Waals surface area (Å²) in [6.07, 6.45) is 4.00. The SMILES string of the molecule is CCCNc1nc(SCCOC)nc(-n2cncn2)n1. The van der Waals surface area contributed by atoms with Crippen LogP contribution in [0, 0.1) is 0 Å². The molecule has 2 aromatic heterocycles. The largest absolute Gasteiger partial charge is 0.384 e.